The molecule has 0 saturated heterocycles. The van der Waals surface area contributed by atoms with Gasteiger partial charge >= 0.3 is 0 Å². The lowest BCUT2D eigenvalue weighted by Gasteiger charge is -2.05. The van der Waals surface area contributed by atoms with Gasteiger partial charge in [-0.15, -0.1) is 0 Å². The average molecular weight is 397 g/mol. The highest BCUT2D eigenvalue weighted by atomic mass is 79.9. The zero-order chi connectivity index (χ0) is 17.1. The summed E-state index contributed by atoms with van der Waals surface area (Å²) in [5.74, 6) is 0. The average Bonchev–Trinajstić information content (AvgIpc) is 2.56. The van der Waals surface area contributed by atoms with Crippen molar-refractivity contribution in [2.75, 3.05) is 19.3 Å². The lowest BCUT2D eigenvalue weighted by Crippen LogP contribution is -2.22. The zero-order valence-electron chi connectivity index (χ0n) is 13.9. The normalized spacial score (nSPS) is 8.00. The van der Waals surface area contributed by atoms with Gasteiger partial charge in [0, 0.05) is 22.5 Å². The van der Waals surface area contributed by atoms with Gasteiger partial charge in [-0.25, -0.2) is 0 Å². The number of halogens is 1. The Balaban J connectivity index is -0.000000478. The predicted octanol–water partition coefficient (Wildman–Crippen LogP) is 4.70. The van der Waals surface area contributed by atoms with Gasteiger partial charge in [0.15, 0.2) is 0 Å². The topological polar surface area (TPSA) is 41.1 Å². The van der Waals surface area contributed by atoms with Gasteiger partial charge in [-0.3, -0.25) is 9.52 Å². The van der Waals surface area contributed by atoms with Crippen LogP contribution in [0.25, 0.3) is 0 Å². The van der Waals surface area contributed by atoms with E-state index in [-0.39, 0.29) is 0 Å². The van der Waals surface area contributed by atoms with E-state index in [4.69, 9.17) is 0 Å². The fourth-order valence-corrected chi connectivity index (χ4v) is 1.99. The maximum absolute atomic E-state index is 9.97. The Morgan fingerprint density at radius 1 is 1.19 bits per heavy atom. The van der Waals surface area contributed by atoms with Crippen molar-refractivity contribution < 1.29 is 4.79 Å². The number of nitrogens with one attached hydrogen (secondary N) is 2. The van der Waals surface area contributed by atoms with Crippen LogP contribution in [0.2, 0.25) is 0 Å². The van der Waals surface area contributed by atoms with Crippen LogP contribution in [0.1, 0.15) is 33.3 Å². The number of hydrogen-bond donors (Lipinski definition) is 3. The maximum Gasteiger partial charge on any atom is 0.207 e. The Morgan fingerprint density at radius 2 is 1.76 bits per heavy atom. The van der Waals surface area contributed by atoms with Crippen molar-refractivity contribution in [2.24, 2.45) is 0 Å². The predicted molar refractivity (Wildman–Crippen MR) is 104 cm³/mol. The van der Waals surface area contributed by atoms with E-state index in [0.717, 1.165) is 11.0 Å². The molecular weight excluding hydrogens is 368 g/mol. The van der Waals surface area contributed by atoms with Crippen molar-refractivity contribution in [1.82, 2.24) is 10.0 Å². The highest BCUT2D eigenvalue weighted by Gasteiger charge is 1.97. The van der Waals surface area contributed by atoms with Crippen molar-refractivity contribution in [3.05, 3.63) is 28.2 Å². The van der Waals surface area contributed by atoms with E-state index in [2.05, 4.69) is 51.6 Å². The minimum Gasteiger partial charge on any atom is -0.357 e. The van der Waals surface area contributed by atoms with Crippen LogP contribution in [0.15, 0.2) is 27.6 Å². The molecule has 0 radical (unpaired) electrons. The third-order valence-corrected chi connectivity index (χ3v) is 3.50. The quantitative estimate of drug-likeness (QED) is 0.282. The van der Waals surface area contributed by atoms with Crippen LogP contribution in [0.3, 0.4) is 0 Å². The second-order valence-electron chi connectivity index (χ2n) is 2.98. The van der Waals surface area contributed by atoms with Gasteiger partial charge in [-0.1, -0.05) is 43.6 Å². The van der Waals surface area contributed by atoms with Crippen LogP contribution >= 0.6 is 40.5 Å². The van der Waals surface area contributed by atoms with Crippen molar-refractivity contribution in [2.45, 2.75) is 39.5 Å². The monoisotopic (exact) mass is 396 g/mol. The molecule has 0 aliphatic heterocycles. The molecule has 2 N–H and O–H groups in total. The van der Waals surface area contributed by atoms with Crippen molar-refractivity contribution in [3.63, 3.8) is 0 Å². The minimum absolute atomic E-state index is 0.645. The molecule has 0 aliphatic rings. The van der Waals surface area contributed by atoms with E-state index in [1.165, 1.54) is 10.5 Å². The molecule has 6 heteroatoms. The standard InChI is InChI=1S/C10H13BrN2OS.2C2H6.CH4S/c1-8-6-9(2-3-10(8)11)15-13-5-4-12-7-14;3*1-2/h2-3,6-7,13H,4-5H2,1H3,(H,12,14);2*1-2H3;2H,1H3. The smallest absolute Gasteiger partial charge is 0.207 e. The maximum atomic E-state index is 9.97. The number of benzene rings is 1. The molecule has 1 aromatic rings. The van der Waals surface area contributed by atoms with Gasteiger partial charge in [0.2, 0.25) is 6.41 Å². The summed E-state index contributed by atoms with van der Waals surface area (Å²) >= 11 is 8.55. The largest absolute Gasteiger partial charge is 0.357 e. The van der Waals surface area contributed by atoms with Gasteiger partial charge in [0.25, 0.3) is 0 Å². The third kappa shape index (κ3) is 16.0. The van der Waals surface area contributed by atoms with E-state index in [1.54, 1.807) is 18.2 Å². The molecule has 0 aliphatic carbocycles. The third-order valence-electron chi connectivity index (χ3n) is 1.77. The molecule has 0 heterocycles. The van der Waals surface area contributed by atoms with Gasteiger partial charge < -0.3 is 5.32 Å². The lowest BCUT2D eigenvalue weighted by atomic mass is 10.2. The van der Waals surface area contributed by atoms with Crippen molar-refractivity contribution in [1.29, 1.82) is 0 Å². The number of aryl methyl sites for hydroxylation is 1. The fraction of sp³-hybridized carbons (Fsp3) is 0.533. The first-order chi connectivity index (χ1) is 10.2. The summed E-state index contributed by atoms with van der Waals surface area (Å²) in [6, 6.07) is 6.18. The van der Waals surface area contributed by atoms with E-state index in [1.807, 2.05) is 39.8 Å². The highest BCUT2D eigenvalue weighted by molar-refractivity contribution is 9.10. The first kappa shape index (κ1) is 25.8. The Labute approximate surface area is 148 Å². The van der Waals surface area contributed by atoms with Crippen LogP contribution in [0.5, 0.6) is 0 Å². The van der Waals surface area contributed by atoms with Gasteiger partial charge in [-0.2, -0.15) is 12.6 Å². The minimum atomic E-state index is 0.645. The fourth-order valence-electron chi connectivity index (χ4n) is 0.997. The van der Waals surface area contributed by atoms with E-state index >= 15 is 0 Å². The van der Waals surface area contributed by atoms with E-state index in [9.17, 15) is 4.79 Å². The number of rotatable bonds is 6. The van der Waals surface area contributed by atoms with Crippen LogP contribution in [-0.2, 0) is 4.79 Å². The summed E-state index contributed by atoms with van der Waals surface area (Å²) in [6.45, 7) is 11.5. The molecule has 0 saturated carbocycles. The van der Waals surface area contributed by atoms with Crippen LogP contribution < -0.4 is 10.0 Å². The number of thiol groups is 1. The summed E-state index contributed by atoms with van der Waals surface area (Å²) < 4.78 is 4.28. The Morgan fingerprint density at radius 3 is 2.24 bits per heavy atom. The Hall–Kier alpha value is -0.170. The molecule has 0 bridgehead atoms. The first-order valence-electron chi connectivity index (χ1n) is 7.01. The number of hydrogen-bond acceptors (Lipinski definition) is 4. The van der Waals surface area contributed by atoms with Gasteiger partial charge in [-0.05, 0) is 48.9 Å². The molecule has 1 amide bonds. The Kier molecular flexibility index (Phi) is 27.1. The molecule has 124 valence electrons. The molecule has 0 atom stereocenters. The summed E-state index contributed by atoms with van der Waals surface area (Å²) in [6.07, 6.45) is 2.40. The molecule has 21 heavy (non-hydrogen) atoms. The second-order valence-corrected chi connectivity index (χ2v) is 4.80. The SMILES string of the molecule is CC.CC.CS.Cc1cc(SNCCNC=O)ccc1Br. The molecule has 1 aromatic carbocycles. The summed E-state index contributed by atoms with van der Waals surface area (Å²) in [5.41, 5.74) is 1.22. The lowest BCUT2D eigenvalue weighted by molar-refractivity contribution is -0.109. The number of carbonyl (C=O) groups is 1. The summed E-state index contributed by atoms with van der Waals surface area (Å²) in [4.78, 5) is 11.1. The van der Waals surface area contributed by atoms with Crippen LogP contribution in [0, 0.1) is 6.92 Å². The molecule has 0 unspecified atom stereocenters. The van der Waals surface area contributed by atoms with Gasteiger partial charge in [0.05, 0.1) is 0 Å². The van der Waals surface area contributed by atoms with Crippen LogP contribution in [-0.4, -0.2) is 25.8 Å². The zero-order valence-corrected chi connectivity index (χ0v) is 17.2. The highest BCUT2D eigenvalue weighted by Crippen LogP contribution is 2.22. The summed E-state index contributed by atoms with van der Waals surface area (Å²) in [5, 5.41) is 2.59. The number of carbonyl (C=O) groups excluding carboxylic acids is 1. The number of amides is 1. The molecule has 0 aromatic heterocycles. The molecule has 1 rings (SSSR count). The van der Waals surface area contributed by atoms with Crippen molar-refractivity contribution >= 4 is 46.9 Å². The molecule has 0 spiro atoms. The van der Waals surface area contributed by atoms with Gasteiger partial charge in [0.1, 0.15) is 0 Å². The first-order valence-corrected chi connectivity index (χ1v) is 9.52. The second kappa shape index (κ2) is 22.1. The Bertz CT molecular complexity index is 339. The summed E-state index contributed by atoms with van der Waals surface area (Å²) in [7, 11) is 0. The molecule has 3 nitrogen and oxygen atoms in total. The van der Waals surface area contributed by atoms with Crippen LogP contribution in [0.4, 0.5) is 0 Å². The van der Waals surface area contributed by atoms with E-state index < -0.39 is 0 Å². The van der Waals surface area contributed by atoms with Crippen molar-refractivity contribution in [3.8, 4) is 0 Å². The molecular formula is C15H29BrN2OS2. The molecule has 0 fully saturated rings. The van der Waals surface area contributed by atoms with E-state index in [0.29, 0.717) is 13.0 Å².